The normalized spacial score (nSPS) is 11.5. The van der Waals surface area contributed by atoms with E-state index < -0.39 is 47.0 Å². The van der Waals surface area contributed by atoms with Crippen molar-refractivity contribution in [1.29, 1.82) is 0 Å². The molecule has 1 N–H and O–H groups in total. The van der Waals surface area contributed by atoms with Crippen molar-refractivity contribution in [3.05, 3.63) is 52.6 Å². The molecule has 11 heteroatoms. The second-order valence-corrected chi connectivity index (χ2v) is 10.7. The van der Waals surface area contributed by atoms with Crippen LogP contribution in [-0.2, 0) is 9.47 Å². The van der Waals surface area contributed by atoms with Crippen LogP contribution in [0.25, 0.3) is 10.9 Å². The molecular weight excluding hydrogens is 511 g/mol. The Morgan fingerprint density at radius 3 is 2.15 bits per heavy atom. The highest BCUT2D eigenvalue weighted by molar-refractivity contribution is 6.11. The van der Waals surface area contributed by atoms with Gasteiger partial charge < -0.3 is 19.3 Å². The topological polar surface area (TPSA) is 126 Å². The molecule has 0 aliphatic heterocycles. The first-order chi connectivity index (χ1) is 17.9. The third kappa shape index (κ3) is 6.46. The molecule has 2 heterocycles. The summed E-state index contributed by atoms with van der Waals surface area (Å²) in [6.07, 6.45) is -2.00. The van der Waals surface area contributed by atoms with Crippen LogP contribution in [0.15, 0.2) is 24.4 Å². The molecule has 3 rings (SSSR count). The van der Waals surface area contributed by atoms with Gasteiger partial charge in [0.05, 0.1) is 11.1 Å². The third-order valence-electron chi connectivity index (χ3n) is 5.29. The van der Waals surface area contributed by atoms with Crippen molar-refractivity contribution in [3.8, 4) is 17.7 Å². The van der Waals surface area contributed by atoms with E-state index in [2.05, 4.69) is 11.8 Å². The number of aryl methyl sites for hydroxylation is 1. The van der Waals surface area contributed by atoms with E-state index in [1.807, 2.05) is 0 Å². The molecule has 0 saturated heterocycles. The summed E-state index contributed by atoms with van der Waals surface area (Å²) in [5.41, 5.74) is -0.981. The number of fused-ring (bicyclic) bond motifs is 1. The lowest BCUT2D eigenvalue weighted by atomic mass is 10.1. The minimum Gasteiger partial charge on any atom is -0.464 e. The summed E-state index contributed by atoms with van der Waals surface area (Å²) in [7, 11) is 0. The largest absolute Gasteiger partial charge is 0.515 e. The van der Waals surface area contributed by atoms with Crippen LogP contribution in [-0.4, -0.2) is 49.6 Å². The Morgan fingerprint density at radius 1 is 0.974 bits per heavy atom. The minimum absolute atomic E-state index is 0.0216. The summed E-state index contributed by atoms with van der Waals surface area (Å²) in [4.78, 5) is 50.0. The fourth-order valence-corrected chi connectivity index (χ4v) is 3.62. The summed E-state index contributed by atoms with van der Waals surface area (Å²) in [6.45, 7) is 13.2. The average Bonchev–Trinajstić information content (AvgIpc) is 3.27. The SMILES string of the molecule is Cc1cn(C(=O)OC(C)(C)C)c(C(=O)C#Cc2c(F)ccc3c2cc(OC(=O)OC(C)(C)C)n3C(=O)O)c1C. The fourth-order valence-electron chi connectivity index (χ4n) is 3.62. The zero-order chi connectivity index (χ0) is 29.4. The first-order valence-corrected chi connectivity index (χ1v) is 11.9. The second kappa shape index (κ2) is 10.3. The maximum Gasteiger partial charge on any atom is 0.515 e. The molecule has 0 aliphatic rings. The maximum atomic E-state index is 14.9. The number of nitrogens with zero attached hydrogens (tertiary/aromatic N) is 2. The van der Waals surface area contributed by atoms with E-state index in [0.29, 0.717) is 15.7 Å². The summed E-state index contributed by atoms with van der Waals surface area (Å²) in [6, 6.07) is 3.27. The van der Waals surface area contributed by atoms with Gasteiger partial charge in [0.15, 0.2) is 0 Å². The number of benzene rings is 1. The number of ether oxygens (including phenoxy) is 3. The lowest BCUT2D eigenvalue weighted by Crippen LogP contribution is -2.28. The molecule has 0 bridgehead atoms. The number of ketones is 1. The monoisotopic (exact) mass is 540 g/mol. The first-order valence-electron chi connectivity index (χ1n) is 11.9. The summed E-state index contributed by atoms with van der Waals surface area (Å²) in [5, 5.41) is 9.70. The standard InChI is InChI=1S/C28H29FN2O8/c1-15-14-30(25(35)38-27(3,4)5)23(16(15)2)21(32)12-9-17-18-13-22(37-26(36)39-28(6,7)8)31(24(33)34)20(18)11-10-19(17)29/h10-11,13-14H,1-8H3,(H,33,34). The van der Waals surface area contributed by atoms with Gasteiger partial charge in [-0.15, -0.1) is 0 Å². The molecule has 0 unspecified atom stereocenters. The highest BCUT2D eigenvalue weighted by Crippen LogP contribution is 2.30. The molecule has 0 amide bonds. The van der Waals surface area contributed by atoms with Gasteiger partial charge in [0.25, 0.3) is 5.78 Å². The van der Waals surface area contributed by atoms with Crippen molar-refractivity contribution in [3.63, 3.8) is 0 Å². The molecule has 3 aromatic rings. The number of carbonyl (C=O) groups is 4. The van der Waals surface area contributed by atoms with E-state index in [9.17, 15) is 28.7 Å². The van der Waals surface area contributed by atoms with E-state index >= 15 is 0 Å². The Labute approximate surface area is 224 Å². The highest BCUT2D eigenvalue weighted by atomic mass is 19.1. The number of Topliss-reactive ketones (excluding diaryl/α,β-unsaturated/α-hetero) is 1. The first kappa shape index (κ1) is 29.0. The molecule has 206 valence electrons. The van der Waals surface area contributed by atoms with Crippen LogP contribution >= 0.6 is 0 Å². The molecule has 0 fully saturated rings. The summed E-state index contributed by atoms with van der Waals surface area (Å²) < 4.78 is 32.1. The zero-order valence-corrected chi connectivity index (χ0v) is 22.9. The van der Waals surface area contributed by atoms with Gasteiger partial charge in [0.1, 0.15) is 22.7 Å². The van der Waals surface area contributed by atoms with Gasteiger partial charge in [-0.1, -0.05) is 5.92 Å². The van der Waals surface area contributed by atoms with Crippen LogP contribution < -0.4 is 4.74 Å². The van der Waals surface area contributed by atoms with Crippen molar-refractivity contribution in [2.24, 2.45) is 0 Å². The predicted octanol–water partition coefficient (Wildman–Crippen LogP) is 6.06. The molecule has 0 atom stereocenters. The summed E-state index contributed by atoms with van der Waals surface area (Å²) >= 11 is 0. The molecule has 0 aliphatic carbocycles. The number of halogens is 1. The smallest absolute Gasteiger partial charge is 0.464 e. The van der Waals surface area contributed by atoms with Crippen molar-refractivity contribution in [2.75, 3.05) is 0 Å². The van der Waals surface area contributed by atoms with Gasteiger partial charge in [-0.25, -0.2) is 27.9 Å². The van der Waals surface area contributed by atoms with Gasteiger partial charge >= 0.3 is 18.3 Å². The fraction of sp³-hybridized carbons (Fsp3) is 0.357. The number of carboxylic acid groups (broad SMARTS) is 1. The quantitative estimate of drug-likeness (QED) is 0.236. The van der Waals surface area contributed by atoms with Crippen LogP contribution in [0.3, 0.4) is 0 Å². The molecule has 0 saturated carbocycles. The van der Waals surface area contributed by atoms with E-state index in [1.54, 1.807) is 55.4 Å². The summed E-state index contributed by atoms with van der Waals surface area (Å²) in [5.74, 6) is 2.73. The van der Waals surface area contributed by atoms with E-state index in [-0.39, 0.29) is 22.2 Å². The Balaban J connectivity index is 2.09. The van der Waals surface area contributed by atoms with Crippen LogP contribution in [0.1, 0.15) is 68.7 Å². The van der Waals surface area contributed by atoms with E-state index in [0.717, 1.165) is 16.7 Å². The van der Waals surface area contributed by atoms with Crippen LogP contribution in [0.2, 0.25) is 0 Å². The lowest BCUT2D eigenvalue weighted by Gasteiger charge is -2.20. The van der Waals surface area contributed by atoms with Crippen molar-refractivity contribution in [1.82, 2.24) is 9.13 Å². The molecule has 0 radical (unpaired) electrons. The second-order valence-electron chi connectivity index (χ2n) is 10.7. The molecule has 39 heavy (non-hydrogen) atoms. The zero-order valence-electron chi connectivity index (χ0n) is 22.9. The van der Waals surface area contributed by atoms with E-state index in [4.69, 9.17) is 14.2 Å². The van der Waals surface area contributed by atoms with Gasteiger partial charge in [-0.05, 0) is 84.6 Å². The Bertz CT molecular complexity index is 1570. The Hall–Kier alpha value is -4.59. The number of hydrogen-bond acceptors (Lipinski definition) is 7. The van der Waals surface area contributed by atoms with Gasteiger partial charge in [0, 0.05) is 17.6 Å². The van der Waals surface area contributed by atoms with Crippen molar-refractivity contribution in [2.45, 2.75) is 66.6 Å². The van der Waals surface area contributed by atoms with Crippen LogP contribution in [0.5, 0.6) is 5.88 Å². The molecule has 2 aromatic heterocycles. The minimum atomic E-state index is -1.51. The Kier molecular flexibility index (Phi) is 7.64. The highest BCUT2D eigenvalue weighted by Gasteiger charge is 2.26. The number of aromatic nitrogens is 2. The predicted molar refractivity (Wildman–Crippen MR) is 139 cm³/mol. The molecule has 0 spiro atoms. The van der Waals surface area contributed by atoms with E-state index in [1.165, 1.54) is 12.3 Å². The molecule has 1 aromatic carbocycles. The molecule has 10 nitrogen and oxygen atoms in total. The van der Waals surface area contributed by atoms with Gasteiger partial charge in [0.2, 0.25) is 5.88 Å². The molecular formula is C28H29FN2O8. The Morgan fingerprint density at radius 2 is 1.59 bits per heavy atom. The number of carbonyl (C=O) groups excluding carboxylic acids is 3. The maximum absolute atomic E-state index is 14.9. The average molecular weight is 541 g/mol. The third-order valence-corrected chi connectivity index (χ3v) is 5.29. The van der Waals surface area contributed by atoms with Crippen LogP contribution in [0, 0.1) is 31.5 Å². The lowest BCUT2D eigenvalue weighted by molar-refractivity contribution is 0.0193. The number of hydrogen-bond donors (Lipinski definition) is 1. The number of rotatable bonds is 2. The van der Waals surface area contributed by atoms with Crippen molar-refractivity contribution >= 4 is 35.0 Å². The van der Waals surface area contributed by atoms with Crippen LogP contribution in [0.4, 0.5) is 18.8 Å². The van der Waals surface area contributed by atoms with Gasteiger partial charge in [-0.2, -0.15) is 0 Å². The van der Waals surface area contributed by atoms with Crippen molar-refractivity contribution < 1.29 is 42.9 Å². The van der Waals surface area contributed by atoms with Gasteiger partial charge in [-0.3, -0.25) is 4.79 Å².